The van der Waals surface area contributed by atoms with Crippen LogP contribution in [0, 0.1) is 5.82 Å². The van der Waals surface area contributed by atoms with E-state index < -0.39 is 21.7 Å². The van der Waals surface area contributed by atoms with E-state index in [-0.39, 0.29) is 45.0 Å². The molecule has 1 amide bonds. The molecule has 2 N–H and O–H groups in total. The van der Waals surface area contributed by atoms with Crippen molar-refractivity contribution in [3.8, 4) is 22.5 Å². The first kappa shape index (κ1) is 24.7. The summed E-state index contributed by atoms with van der Waals surface area (Å²) >= 11 is 3.37. The number of aromatic nitrogens is 1. The highest BCUT2D eigenvalue weighted by Crippen LogP contribution is 2.39. The molecule has 4 aromatic rings. The minimum absolute atomic E-state index is 0.123. The van der Waals surface area contributed by atoms with Gasteiger partial charge in [-0.25, -0.2) is 12.8 Å². The van der Waals surface area contributed by atoms with Gasteiger partial charge in [0.05, 0.1) is 22.6 Å². The van der Waals surface area contributed by atoms with Crippen LogP contribution >= 0.6 is 15.9 Å². The largest absolute Gasteiger partial charge is 0.455 e. The molecule has 0 atom stereocenters. The molecule has 0 aliphatic carbocycles. The zero-order valence-corrected chi connectivity index (χ0v) is 21.4. The summed E-state index contributed by atoms with van der Waals surface area (Å²) in [6.45, 7) is 1.49. The third-order valence-corrected chi connectivity index (χ3v) is 7.20. The molecule has 11 heteroatoms. The second kappa shape index (κ2) is 9.31. The maximum Gasteiger partial charge on any atom is 0.258 e. The average Bonchev–Trinajstić information content (AvgIpc) is 3.19. The molecule has 0 spiro atoms. The van der Waals surface area contributed by atoms with Gasteiger partial charge >= 0.3 is 0 Å². The van der Waals surface area contributed by atoms with Crippen LogP contribution in [0.3, 0.4) is 0 Å². The van der Waals surface area contributed by atoms with E-state index in [4.69, 9.17) is 4.42 Å². The van der Waals surface area contributed by atoms with Crippen molar-refractivity contribution in [2.45, 2.75) is 6.92 Å². The number of carbonyl (C=O) groups is 1. The summed E-state index contributed by atoms with van der Waals surface area (Å²) in [6, 6.07) is 10.0. The number of sulfonamides is 1. The molecule has 0 bridgehead atoms. The summed E-state index contributed by atoms with van der Waals surface area (Å²) in [5.74, 6) is -0.917. The van der Waals surface area contributed by atoms with Gasteiger partial charge in [0.25, 0.3) is 11.5 Å². The molecule has 0 aliphatic heterocycles. The molecular weight excluding hydrogens is 541 g/mol. The Morgan fingerprint density at radius 2 is 1.83 bits per heavy atom. The normalized spacial score (nSPS) is 11.6. The molecule has 0 unspecified atom stereocenters. The van der Waals surface area contributed by atoms with E-state index in [1.54, 1.807) is 25.4 Å². The average molecular weight is 562 g/mol. The number of hydrogen-bond donors (Lipinski definition) is 2. The number of halogens is 2. The van der Waals surface area contributed by atoms with Crippen molar-refractivity contribution in [3.63, 3.8) is 0 Å². The van der Waals surface area contributed by atoms with Crippen LogP contribution in [0.25, 0.3) is 33.4 Å². The number of furan rings is 1. The predicted octanol–water partition coefficient (Wildman–Crippen LogP) is 4.49. The Labute approximate surface area is 208 Å². The van der Waals surface area contributed by atoms with Crippen molar-refractivity contribution in [2.75, 3.05) is 17.5 Å². The summed E-state index contributed by atoms with van der Waals surface area (Å²) < 4.78 is 48.9. The lowest BCUT2D eigenvalue weighted by molar-refractivity contribution is 0.0964. The molecule has 0 radical (unpaired) electrons. The fraction of sp³-hybridized carbons (Fsp3) is 0.167. The summed E-state index contributed by atoms with van der Waals surface area (Å²) in [5, 5.41) is 2.94. The number of nitrogens with one attached hydrogen (secondary N) is 2. The smallest absolute Gasteiger partial charge is 0.258 e. The summed E-state index contributed by atoms with van der Waals surface area (Å²) in [6.07, 6.45) is 1.58. The van der Waals surface area contributed by atoms with E-state index in [2.05, 4.69) is 26.0 Å². The lowest BCUT2D eigenvalue weighted by Crippen LogP contribution is -2.20. The number of carbonyl (C=O) groups excluding carboxylic acids is 1. The SMILES string of the molecule is CCS(=O)(=O)Nc1cc2oc(-c3ccc(F)cc3)c(C(=O)NC)c2cc1-c1cc(Br)cn(C)c1=O. The number of benzene rings is 2. The topological polar surface area (TPSA) is 110 Å². The van der Waals surface area contributed by atoms with E-state index in [0.29, 0.717) is 15.4 Å². The van der Waals surface area contributed by atoms with E-state index in [1.807, 2.05) is 0 Å². The van der Waals surface area contributed by atoms with Gasteiger partial charge in [-0.1, -0.05) is 0 Å². The first-order chi connectivity index (χ1) is 16.5. The highest BCUT2D eigenvalue weighted by atomic mass is 79.9. The van der Waals surface area contributed by atoms with Crippen LogP contribution in [0.1, 0.15) is 17.3 Å². The van der Waals surface area contributed by atoms with Gasteiger partial charge in [0.2, 0.25) is 10.0 Å². The first-order valence-corrected chi connectivity index (χ1v) is 12.9. The van der Waals surface area contributed by atoms with Gasteiger partial charge in [-0.15, -0.1) is 0 Å². The number of fused-ring (bicyclic) bond motifs is 1. The summed E-state index contributed by atoms with van der Waals surface area (Å²) in [4.78, 5) is 25.9. The standard InChI is InChI=1S/C24H21BrFN3O5S/c1-4-35(32,33)28-19-11-20-18(10-16(19)17-9-14(25)12-29(3)24(17)31)21(23(30)27-2)22(34-20)13-5-7-15(26)8-6-13/h5-12,28H,4H2,1-3H3,(H,27,30). The second-order valence-corrected chi connectivity index (χ2v) is 10.7. The molecule has 4 rings (SSSR count). The fourth-order valence-corrected chi connectivity index (χ4v) is 4.89. The number of hydrogen-bond acceptors (Lipinski definition) is 5. The van der Waals surface area contributed by atoms with Crippen LogP contribution in [0.2, 0.25) is 0 Å². The molecular formula is C24H21BrFN3O5S. The monoisotopic (exact) mass is 561 g/mol. The number of aryl methyl sites for hydroxylation is 1. The zero-order valence-electron chi connectivity index (χ0n) is 19.0. The van der Waals surface area contributed by atoms with E-state index in [9.17, 15) is 22.4 Å². The molecule has 182 valence electrons. The quantitative estimate of drug-likeness (QED) is 0.360. The van der Waals surface area contributed by atoms with Crippen molar-refractivity contribution in [3.05, 3.63) is 74.9 Å². The first-order valence-electron chi connectivity index (χ1n) is 10.5. The molecule has 0 saturated heterocycles. The van der Waals surface area contributed by atoms with Gasteiger partial charge < -0.3 is 14.3 Å². The minimum Gasteiger partial charge on any atom is -0.455 e. The molecule has 0 aliphatic rings. The molecule has 2 heterocycles. The van der Waals surface area contributed by atoms with Crippen molar-refractivity contribution >= 4 is 48.5 Å². The fourth-order valence-electron chi connectivity index (χ4n) is 3.71. The Kier molecular flexibility index (Phi) is 6.56. The summed E-state index contributed by atoms with van der Waals surface area (Å²) in [7, 11) is -0.682. The predicted molar refractivity (Wildman–Crippen MR) is 136 cm³/mol. The highest BCUT2D eigenvalue weighted by molar-refractivity contribution is 9.10. The summed E-state index contributed by atoms with van der Waals surface area (Å²) in [5.41, 5.74) is 1.08. The van der Waals surface area contributed by atoms with E-state index in [0.717, 1.165) is 0 Å². The van der Waals surface area contributed by atoms with Crippen LogP contribution in [-0.2, 0) is 17.1 Å². The van der Waals surface area contributed by atoms with E-state index >= 15 is 0 Å². The number of anilines is 1. The minimum atomic E-state index is -3.72. The Morgan fingerprint density at radius 3 is 2.46 bits per heavy atom. The molecule has 2 aromatic carbocycles. The van der Waals surface area contributed by atoms with Crippen molar-refractivity contribution in [1.82, 2.24) is 9.88 Å². The van der Waals surface area contributed by atoms with Crippen LogP contribution in [0.15, 0.2) is 62.3 Å². The lowest BCUT2D eigenvalue weighted by Gasteiger charge is -2.13. The molecule has 0 saturated carbocycles. The number of amides is 1. The number of nitrogens with zero attached hydrogens (tertiary/aromatic N) is 1. The molecule has 0 fully saturated rings. The molecule has 35 heavy (non-hydrogen) atoms. The maximum atomic E-state index is 13.5. The lowest BCUT2D eigenvalue weighted by atomic mass is 9.99. The van der Waals surface area contributed by atoms with Gasteiger partial charge in [0, 0.05) is 47.3 Å². The second-order valence-electron chi connectivity index (χ2n) is 7.78. The van der Waals surface area contributed by atoms with Crippen LogP contribution < -0.4 is 15.6 Å². The van der Waals surface area contributed by atoms with Crippen molar-refractivity contribution in [1.29, 1.82) is 0 Å². The number of pyridine rings is 1. The zero-order chi connectivity index (χ0) is 25.5. The highest BCUT2D eigenvalue weighted by Gasteiger charge is 2.25. The third-order valence-electron chi connectivity index (χ3n) is 5.47. The Balaban J connectivity index is 2.10. The van der Waals surface area contributed by atoms with Crippen LogP contribution in [-0.4, -0.2) is 31.7 Å². The maximum absolute atomic E-state index is 13.5. The van der Waals surface area contributed by atoms with Gasteiger partial charge in [0.15, 0.2) is 0 Å². The van der Waals surface area contributed by atoms with Crippen molar-refractivity contribution in [2.24, 2.45) is 7.05 Å². The number of rotatable bonds is 6. The van der Waals surface area contributed by atoms with Gasteiger partial charge in [-0.2, -0.15) is 0 Å². The van der Waals surface area contributed by atoms with Gasteiger partial charge in [-0.3, -0.25) is 14.3 Å². The van der Waals surface area contributed by atoms with Crippen LogP contribution in [0.4, 0.5) is 10.1 Å². The van der Waals surface area contributed by atoms with Gasteiger partial charge in [0.1, 0.15) is 17.2 Å². The molecule has 2 aromatic heterocycles. The Morgan fingerprint density at radius 1 is 1.14 bits per heavy atom. The van der Waals surface area contributed by atoms with Crippen molar-refractivity contribution < 1.29 is 22.0 Å². The van der Waals surface area contributed by atoms with E-state index in [1.165, 1.54) is 48.9 Å². The van der Waals surface area contributed by atoms with Gasteiger partial charge in [-0.05, 0) is 59.3 Å². The third kappa shape index (κ3) is 4.73. The Hall–Kier alpha value is -3.44. The molecule has 8 nitrogen and oxygen atoms in total. The van der Waals surface area contributed by atoms with Crippen LogP contribution in [0.5, 0.6) is 0 Å². The Bertz CT molecular complexity index is 1630.